The van der Waals surface area contributed by atoms with Crippen molar-refractivity contribution >= 4 is 64.0 Å². The van der Waals surface area contributed by atoms with Crippen molar-refractivity contribution in [2.45, 2.75) is 31.1 Å². The second kappa shape index (κ2) is 10.4. The van der Waals surface area contributed by atoms with Crippen molar-refractivity contribution in [3.8, 4) is 22.3 Å². The van der Waals surface area contributed by atoms with Crippen LogP contribution < -0.4 is 4.72 Å². The Hall–Kier alpha value is -1.81. The Morgan fingerprint density at radius 1 is 0.588 bits per heavy atom. The monoisotopic (exact) mass is 544 g/mol. The Bertz CT molecular complexity index is 1290. The number of benzene rings is 4. The number of nitrogens with zero attached hydrogens (tertiary/aromatic N) is 1. The normalized spacial score (nSPS) is 11.5. The van der Waals surface area contributed by atoms with Gasteiger partial charge in [-0.05, 0) is 82.3 Å². The molecular formula is C28H22Cl4NS. The SMILES string of the molecule is CC(C)(C)c1cc(-c2ccc(Cl)cc2)cc(-c2ccc(Cl)cc2)c1[N]Sc1cc(Cl)cc(Cl)c1. The molecule has 0 aliphatic heterocycles. The average Bonchev–Trinajstić information content (AvgIpc) is 2.77. The van der Waals surface area contributed by atoms with Crippen molar-refractivity contribution < 1.29 is 0 Å². The summed E-state index contributed by atoms with van der Waals surface area (Å²) in [7, 11) is 0. The molecule has 0 spiro atoms. The minimum atomic E-state index is -0.158. The van der Waals surface area contributed by atoms with Crippen LogP contribution in [0.25, 0.3) is 22.3 Å². The number of hydrogen-bond acceptors (Lipinski definition) is 1. The molecule has 0 saturated heterocycles. The molecule has 173 valence electrons. The third-order valence-corrected chi connectivity index (χ3v) is 6.99. The van der Waals surface area contributed by atoms with Crippen LogP contribution in [0, 0.1) is 0 Å². The Kier molecular flexibility index (Phi) is 7.76. The first-order chi connectivity index (χ1) is 16.1. The minimum Gasteiger partial charge on any atom is -0.211 e. The molecule has 0 unspecified atom stereocenters. The largest absolute Gasteiger partial charge is 0.211 e. The number of halogens is 4. The summed E-state index contributed by atoms with van der Waals surface area (Å²) in [5.41, 5.74) is 6.13. The lowest BCUT2D eigenvalue weighted by Crippen LogP contribution is -2.14. The molecule has 4 aromatic rings. The molecule has 0 amide bonds. The van der Waals surface area contributed by atoms with Crippen LogP contribution in [0.15, 0.2) is 83.8 Å². The number of rotatable bonds is 5. The maximum atomic E-state index is 6.22. The van der Waals surface area contributed by atoms with Gasteiger partial charge in [-0.2, -0.15) is 0 Å². The van der Waals surface area contributed by atoms with E-state index >= 15 is 0 Å². The second-order valence-corrected chi connectivity index (χ2v) is 11.6. The topological polar surface area (TPSA) is 14.1 Å². The molecule has 0 aliphatic rings. The molecule has 0 N–H and O–H groups in total. The predicted octanol–water partition coefficient (Wildman–Crippen LogP) is 10.9. The molecule has 0 saturated carbocycles. The first kappa shape index (κ1) is 25.3. The van der Waals surface area contributed by atoms with Crippen molar-refractivity contribution in [2.75, 3.05) is 0 Å². The fourth-order valence-electron chi connectivity index (χ4n) is 3.64. The summed E-state index contributed by atoms with van der Waals surface area (Å²) in [6, 6.07) is 25.6. The minimum absolute atomic E-state index is 0.158. The van der Waals surface area contributed by atoms with E-state index in [-0.39, 0.29) is 5.41 Å². The van der Waals surface area contributed by atoms with Gasteiger partial charge in [-0.3, -0.25) is 0 Å². The molecular weight excluding hydrogens is 524 g/mol. The Labute approximate surface area is 225 Å². The molecule has 34 heavy (non-hydrogen) atoms. The van der Waals surface area contributed by atoms with E-state index in [1.165, 1.54) is 11.9 Å². The van der Waals surface area contributed by atoms with Crippen LogP contribution in [0.3, 0.4) is 0 Å². The molecule has 1 nitrogen and oxygen atoms in total. The van der Waals surface area contributed by atoms with Gasteiger partial charge in [0.2, 0.25) is 0 Å². The molecule has 0 heterocycles. The molecule has 4 aromatic carbocycles. The van der Waals surface area contributed by atoms with E-state index < -0.39 is 0 Å². The van der Waals surface area contributed by atoms with Gasteiger partial charge in [0.25, 0.3) is 0 Å². The quantitative estimate of drug-likeness (QED) is 0.227. The van der Waals surface area contributed by atoms with Crippen molar-refractivity contribution in [1.82, 2.24) is 4.72 Å². The first-order valence-electron chi connectivity index (χ1n) is 10.6. The van der Waals surface area contributed by atoms with E-state index in [2.05, 4.69) is 32.9 Å². The fourth-order valence-corrected chi connectivity index (χ4v) is 5.30. The zero-order valence-corrected chi connectivity index (χ0v) is 22.7. The molecule has 4 rings (SSSR count). The van der Waals surface area contributed by atoms with Crippen LogP contribution in [0.2, 0.25) is 20.1 Å². The highest BCUT2D eigenvalue weighted by atomic mass is 35.5. The van der Waals surface area contributed by atoms with E-state index in [9.17, 15) is 0 Å². The summed E-state index contributed by atoms with van der Waals surface area (Å²) in [6.45, 7) is 6.58. The Morgan fingerprint density at radius 2 is 1.12 bits per heavy atom. The third-order valence-electron chi connectivity index (χ3n) is 5.33. The van der Waals surface area contributed by atoms with E-state index in [1.54, 1.807) is 6.07 Å². The smallest absolute Gasteiger partial charge is 0.0833 e. The van der Waals surface area contributed by atoms with Gasteiger partial charge < -0.3 is 0 Å². The van der Waals surface area contributed by atoms with Crippen molar-refractivity contribution in [1.29, 1.82) is 0 Å². The Balaban J connectivity index is 1.89. The van der Waals surface area contributed by atoms with Crippen LogP contribution in [-0.2, 0) is 5.41 Å². The lowest BCUT2D eigenvalue weighted by molar-refractivity contribution is 0.591. The van der Waals surface area contributed by atoms with Crippen molar-refractivity contribution in [2.24, 2.45) is 0 Å². The highest BCUT2D eigenvalue weighted by Crippen LogP contribution is 2.43. The molecule has 0 aromatic heterocycles. The number of hydrogen-bond donors (Lipinski definition) is 0. The van der Waals surface area contributed by atoms with Crippen LogP contribution in [0.5, 0.6) is 0 Å². The summed E-state index contributed by atoms with van der Waals surface area (Å²) < 4.78 is 5.02. The van der Waals surface area contributed by atoms with E-state index in [0.29, 0.717) is 20.1 Å². The van der Waals surface area contributed by atoms with Gasteiger partial charge in [0.1, 0.15) is 0 Å². The van der Waals surface area contributed by atoms with Crippen molar-refractivity contribution in [3.63, 3.8) is 0 Å². The lowest BCUT2D eigenvalue weighted by Gasteiger charge is -2.26. The zero-order chi connectivity index (χ0) is 24.5. The highest BCUT2D eigenvalue weighted by Gasteiger charge is 2.24. The highest BCUT2D eigenvalue weighted by molar-refractivity contribution is 7.97. The second-order valence-electron chi connectivity index (χ2n) is 8.97. The third kappa shape index (κ3) is 6.05. The predicted molar refractivity (Wildman–Crippen MR) is 150 cm³/mol. The molecule has 0 bridgehead atoms. The van der Waals surface area contributed by atoms with E-state index in [1.807, 2.05) is 60.7 Å². The maximum Gasteiger partial charge on any atom is 0.0833 e. The van der Waals surface area contributed by atoms with Crippen LogP contribution >= 0.6 is 58.4 Å². The summed E-state index contributed by atoms with van der Waals surface area (Å²) in [6.07, 6.45) is 0. The fraction of sp³-hybridized carbons (Fsp3) is 0.143. The maximum absolute atomic E-state index is 6.22. The average molecular weight is 546 g/mol. The van der Waals surface area contributed by atoms with Gasteiger partial charge in [0.05, 0.1) is 5.69 Å². The molecule has 0 aliphatic carbocycles. The van der Waals surface area contributed by atoms with Gasteiger partial charge in [-0.15, -0.1) is 0 Å². The summed E-state index contributed by atoms with van der Waals surface area (Å²) in [4.78, 5) is 0.876. The first-order valence-corrected chi connectivity index (χ1v) is 12.9. The summed E-state index contributed by atoms with van der Waals surface area (Å²) in [5.74, 6) is 0. The standard InChI is InChI=1S/C28H22Cl4NS/c1-28(2,3)26-13-19(17-4-8-20(29)9-5-17)12-25(18-6-10-21(30)11-7-18)27(26)33-34-24-15-22(31)14-23(32)16-24/h4-16H,1-3H3. The van der Waals surface area contributed by atoms with Gasteiger partial charge in [-0.1, -0.05) is 91.4 Å². The summed E-state index contributed by atoms with van der Waals surface area (Å²) >= 11 is 26.1. The van der Waals surface area contributed by atoms with Gasteiger partial charge in [0.15, 0.2) is 0 Å². The molecule has 6 heteroatoms. The van der Waals surface area contributed by atoms with Gasteiger partial charge >= 0.3 is 0 Å². The summed E-state index contributed by atoms with van der Waals surface area (Å²) in [5, 5.41) is 2.56. The van der Waals surface area contributed by atoms with Crippen LogP contribution in [0.1, 0.15) is 26.3 Å². The van der Waals surface area contributed by atoms with Gasteiger partial charge in [-0.25, -0.2) is 4.72 Å². The lowest BCUT2D eigenvalue weighted by atomic mass is 9.81. The van der Waals surface area contributed by atoms with E-state index in [4.69, 9.17) is 51.1 Å². The van der Waals surface area contributed by atoms with Crippen LogP contribution in [-0.4, -0.2) is 0 Å². The molecule has 1 radical (unpaired) electrons. The molecule has 0 fully saturated rings. The van der Waals surface area contributed by atoms with Crippen LogP contribution in [0.4, 0.5) is 5.69 Å². The van der Waals surface area contributed by atoms with E-state index in [0.717, 1.165) is 38.4 Å². The van der Waals surface area contributed by atoms with Crippen molar-refractivity contribution in [3.05, 3.63) is 105 Å². The Morgan fingerprint density at radius 3 is 1.65 bits per heavy atom. The van der Waals surface area contributed by atoms with Gasteiger partial charge in [0, 0.05) is 42.5 Å². The molecule has 0 atom stereocenters. The zero-order valence-electron chi connectivity index (χ0n) is 18.9.